The highest BCUT2D eigenvalue weighted by Crippen LogP contribution is 2.34. The number of anilines is 1. The molecule has 1 aliphatic carbocycles. The number of nitrogens with two attached hydrogens (primary N) is 1. The van der Waals surface area contributed by atoms with Crippen LogP contribution in [0.5, 0.6) is 0 Å². The monoisotopic (exact) mass is 241 g/mol. The van der Waals surface area contributed by atoms with E-state index in [1.54, 1.807) is 6.92 Å². The van der Waals surface area contributed by atoms with Crippen LogP contribution in [0.25, 0.3) is 0 Å². The summed E-state index contributed by atoms with van der Waals surface area (Å²) in [4.78, 5) is 22.6. The van der Waals surface area contributed by atoms with E-state index in [0.717, 1.165) is 11.5 Å². The molecule has 1 fully saturated rings. The molecular weight excluding hydrogens is 230 g/mol. The summed E-state index contributed by atoms with van der Waals surface area (Å²) in [6.07, 6.45) is 1.28. The minimum Gasteiger partial charge on any atom is -0.478 e. The summed E-state index contributed by atoms with van der Waals surface area (Å²) < 4.78 is 3.90. The van der Waals surface area contributed by atoms with E-state index in [2.05, 4.69) is 9.69 Å². The van der Waals surface area contributed by atoms with Crippen molar-refractivity contribution in [1.82, 2.24) is 4.37 Å². The molecule has 0 radical (unpaired) electrons. The molecule has 0 saturated heterocycles. The van der Waals surface area contributed by atoms with Gasteiger partial charge in [0, 0.05) is 0 Å². The van der Waals surface area contributed by atoms with Crippen molar-refractivity contribution in [3.8, 4) is 0 Å². The topological polar surface area (TPSA) is 105 Å². The molecule has 1 saturated carbocycles. The molecule has 0 bridgehead atoms. The number of carbonyl (C=O) groups is 2. The van der Waals surface area contributed by atoms with Crippen LogP contribution in [0.4, 0.5) is 5.00 Å². The van der Waals surface area contributed by atoms with Crippen LogP contribution in [0.1, 0.15) is 28.9 Å². The lowest BCUT2D eigenvalue weighted by Gasteiger charge is -2.08. The van der Waals surface area contributed by atoms with E-state index in [-0.39, 0.29) is 16.5 Å². The second kappa shape index (κ2) is 3.53. The van der Waals surface area contributed by atoms with Gasteiger partial charge in [0.15, 0.2) is 0 Å². The number of aromatic carboxylic acids is 1. The molecule has 1 aromatic rings. The first kappa shape index (κ1) is 11.0. The molecule has 6 nitrogen and oxygen atoms in total. The average Bonchev–Trinajstić information content (AvgIpc) is 2.83. The number of amides is 1. The zero-order valence-electron chi connectivity index (χ0n) is 8.61. The predicted octanol–water partition coefficient (Wildman–Crippen LogP) is 0.580. The van der Waals surface area contributed by atoms with Crippen molar-refractivity contribution < 1.29 is 14.7 Å². The second-order valence-electron chi connectivity index (χ2n) is 3.89. The van der Waals surface area contributed by atoms with Gasteiger partial charge in [0.2, 0.25) is 5.91 Å². The Morgan fingerprint density at radius 3 is 2.69 bits per heavy atom. The lowest BCUT2D eigenvalue weighted by atomic mass is 10.2. The third-order valence-corrected chi connectivity index (χ3v) is 3.40. The van der Waals surface area contributed by atoms with Crippen LogP contribution in [0.3, 0.4) is 0 Å². The van der Waals surface area contributed by atoms with Gasteiger partial charge in [-0.1, -0.05) is 0 Å². The largest absolute Gasteiger partial charge is 0.478 e. The van der Waals surface area contributed by atoms with Gasteiger partial charge in [-0.2, -0.15) is 4.37 Å². The Kier molecular flexibility index (Phi) is 2.43. The van der Waals surface area contributed by atoms with Gasteiger partial charge in [0.05, 0.1) is 11.2 Å². The van der Waals surface area contributed by atoms with Crippen LogP contribution in [0.2, 0.25) is 0 Å². The van der Waals surface area contributed by atoms with Gasteiger partial charge in [-0.3, -0.25) is 4.79 Å². The van der Waals surface area contributed by atoms with E-state index in [1.165, 1.54) is 0 Å². The maximum atomic E-state index is 11.6. The van der Waals surface area contributed by atoms with Crippen LogP contribution in [-0.4, -0.2) is 26.9 Å². The summed E-state index contributed by atoms with van der Waals surface area (Å²) in [6, 6.07) is 0. The fourth-order valence-corrected chi connectivity index (χ4v) is 2.08. The van der Waals surface area contributed by atoms with Crippen molar-refractivity contribution in [2.45, 2.75) is 25.3 Å². The van der Waals surface area contributed by atoms with Crippen molar-refractivity contribution in [2.24, 2.45) is 5.73 Å². The van der Waals surface area contributed by atoms with E-state index in [4.69, 9.17) is 10.8 Å². The highest BCUT2D eigenvalue weighted by molar-refractivity contribution is 7.11. The molecule has 1 amide bonds. The number of aromatic nitrogens is 1. The normalized spacial score (nSPS) is 16.9. The molecule has 0 aromatic carbocycles. The van der Waals surface area contributed by atoms with Crippen molar-refractivity contribution >= 4 is 28.4 Å². The molecule has 1 heterocycles. The highest BCUT2D eigenvalue weighted by Gasteiger charge is 2.46. The molecule has 0 spiro atoms. The maximum Gasteiger partial charge on any atom is 0.340 e. The average molecular weight is 241 g/mol. The van der Waals surface area contributed by atoms with Crippen molar-refractivity contribution in [2.75, 3.05) is 5.32 Å². The molecular formula is C9H11N3O3S. The third-order valence-electron chi connectivity index (χ3n) is 2.54. The van der Waals surface area contributed by atoms with Gasteiger partial charge in [-0.25, -0.2) is 4.79 Å². The summed E-state index contributed by atoms with van der Waals surface area (Å²) in [5, 5.41) is 11.7. The predicted molar refractivity (Wildman–Crippen MR) is 58.6 cm³/mol. The third kappa shape index (κ3) is 1.79. The number of hydrogen-bond donors (Lipinski definition) is 3. The Morgan fingerprint density at radius 2 is 2.19 bits per heavy atom. The molecule has 2 rings (SSSR count). The number of aryl methyl sites for hydroxylation is 1. The molecule has 1 aromatic heterocycles. The smallest absolute Gasteiger partial charge is 0.340 e. The Morgan fingerprint density at radius 1 is 1.56 bits per heavy atom. The molecule has 1 aliphatic rings. The zero-order chi connectivity index (χ0) is 11.9. The lowest BCUT2D eigenvalue weighted by molar-refractivity contribution is -0.118. The standard InChI is InChI=1S/C9H11N3O3S/c1-4-5(7(13)14)6(16-12-4)11-8(15)9(10)2-3-9/h2-3,10H2,1H3,(H,11,15)(H,13,14). The molecule has 0 atom stereocenters. The van der Waals surface area contributed by atoms with Crippen molar-refractivity contribution in [3.05, 3.63) is 11.3 Å². The fourth-order valence-electron chi connectivity index (χ4n) is 1.30. The number of rotatable bonds is 3. The van der Waals surface area contributed by atoms with E-state index in [9.17, 15) is 9.59 Å². The van der Waals surface area contributed by atoms with Gasteiger partial charge in [0.1, 0.15) is 10.6 Å². The number of carbonyl (C=O) groups excluding carboxylic acids is 1. The van der Waals surface area contributed by atoms with Crippen molar-refractivity contribution in [3.63, 3.8) is 0 Å². The zero-order valence-corrected chi connectivity index (χ0v) is 9.43. The van der Waals surface area contributed by atoms with Gasteiger partial charge in [0.25, 0.3) is 0 Å². The fraction of sp³-hybridized carbons (Fsp3) is 0.444. The maximum absolute atomic E-state index is 11.6. The van der Waals surface area contributed by atoms with Crippen LogP contribution < -0.4 is 11.1 Å². The highest BCUT2D eigenvalue weighted by atomic mass is 32.1. The Bertz CT molecular complexity index is 465. The van der Waals surface area contributed by atoms with Crippen LogP contribution in [0.15, 0.2) is 0 Å². The first-order valence-electron chi connectivity index (χ1n) is 4.74. The number of hydrogen-bond acceptors (Lipinski definition) is 5. The minimum absolute atomic E-state index is 0.0441. The molecule has 16 heavy (non-hydrogen) atoms. The van der Waals surface area contributed by atoms with Crippen LogP contribution >= 0.6 is 11.5 Å². The van der Waals surface area contributed by atoms with E-state index < -0.39 is 11.5 Å². The Hall–Kier alpha value is -1.47. The summed E-state index contributed by atoms with van der Waals surface area (Å²) in [6.45, 7) is 1.59. The second-order valence-corrected chi connectivity index (χ2v) is 4.66. The van der Waals surface area contributed by atoms with Crippen molar-refractivity contribution in [1.29, 1.82) is 0 Å². The first-order valence-corrected chi connectivity index (χ1v) is 5.51. The Labute approximate surface area is 95.6 Å². The summed E-state index contributed by atoms with van der Waals surface area (Å²) in [5.41, 5.74) is 5.33. The van der Waals surface area contributed by atoms with E-state index in [0.29, 0.717) is 18.5 Å². The lowest BCUT2D eigenvalue weighted by Crippen LogP contribution is -2.37. The summed E-state index contributed by atoms with van der Waals surface area (Å²) >= 11 is 0.958. The molecule has 0 aliphatic heterocycles. The van der Waals surface area contributed by atoms with Gasteiger partial charge in [-0.05, 0) is 31.3 Å². The van der Waals surface area contributed by atoms with E-state index >= 15 is 0 Å². The molecule has 0 unspecified atom stereocenters. The quantitative estimate of drug-likeness (QED) is 0.717. The summed E-state index contributed by atoms with van der Waals surface area (Å²) in [5.74, 6) is -1.43. The number of carboxylic acid groups (broad SMARTS) is 1. The SMILES string of the molecule is Cc1nsc(NC(=O)C2(N)CC2)c1C(=O)O. The van der Waals surface area contributed by atoms with Gasteiger partial charge in [-0.15, -0.1) is 0 Å². The van der Waals surface area contributed by atoms with E-state index in [1.807, 2.05) is 0 Å². The van der Waals surface area contributed by atoms with Gasteiger partial charge >= 0.3 is 5.97 Å². The first-order chi connectivity index (χ1) is 7.44. The minimum atomic E-state index is -1.09. The van der Waals surface area contributed by atoms with Crippen LogP contribution in [-0.2, 0) is 4.79 Å². The Balaban J connectivity index is 2.21. The summed E-state index contributed by atoms with van der Waals surface area (Å²) in [7, 11) is 0. The molecule has 4 N–H and O–H groups in total. The van der Waals surface area contributed by atoms with Gasteiger partial charge < -0.3 is 16.2 Å². The number of nitrogens with zero attached hydrogens (tertiary/aromatic N) is 1. The molecule has 7 heteroatoms. The molecule has 86 valence electrons. The number of carboxylic acids is 1. The number of nitrogens with one attached hydrogen (secondary N) is 1. The van der Waals surface area contributed by atoms with Crippen LogP contribution in [0, 0.1) is 6.92 Å².